The Balaban J connectivity index is 1.86. The van der Waals surface area contributed by atoms with Crippen LogP contribution in [-0.4, -0.2) is 40.4 Å². The molecule has 0 saturated carbocycles. The molecule has 0 aliphatic carbocycles. The Morgan fingerprint density at radius 2 is 1.80 bits per heavy atom. The number of aryl methyl sites for hydroxylation is 1. The lowest BCUT2D eigenvalue weighted by molar-refractivity contribution is -0.138. The topological polar surface area (TPSA) is 101 Å². The maximum atomic E-state index is 12.9. The molecule has 0 saturated heterocycles. The highest BCUT2D eigenvalue weighted by molar-refractivity contribution is 6.37. The van der Waals surface area contributed by atoms with Gasteiger partial charge in [0.2, 0.25) is 0 Å². The van der Waals surface area contributed by atoms with Crippen molar-refractivity contribution in [3.05, 3.63) is 64.3 Å². The predicted molar refractivity (Wildman–Crippen MR) is 114 cm³/mol. The fourth-order valence-corrected chi connectivity index (χ4v) is 3.65. The molecule has 0 spiro atoms. The molecule has 0 fully saturated rings. The summed E-state index contributed by atoms with van der Waals surface area (Å²) in [4.78, 5) is 24.0. The van der Waals surface area contributed by atoms with Gasteiger partial charge in [0, 0.05) is 12.4 Å². The van der Waals surface area contributed by atoms with Crippen molar-refractivity contribution in [1.29, 1.82) is 0 Å². The van der Waals surface area contributed by atoms with Crippen LogP contribution in [0.3, 0.4) is 0 Å². The van der Waals surface area contributed by atoms with Gasteiger partial charge in [0.1, 0.15) is 11.4 Å². The van der Waals surface area contributed by atoms with E-state index >= 15 is 0 Å². The number of hydrogen-bond donors (Lipinski definition) is 3. The minimum Gasteiger partial charge on any atom is -0.495 e. The molecule has 30 heavy (non-hydrogen) atoms. The van der Waals surface area contributed by atoms with Gasteiger partial charge in [-0.2, -0.15) is 0 Å². The second-order valence-corrected chi connectivity index (χ2v) is 7.42. The van der Waals surface area contributed by atoms with Crippen molar-refractivity contribution in [2.24, 2.45) is 7.05 Å². The third kappa shape index (κ3) is 3.99. The molecule has 158 valence electrons. The normalized spacial score (nSPS) is 13.1. The quantitative estimate of drug-likeness (QED) is 0.532. The van der Waals surface area contributed by atoms with Crippen LogP contribution in [0.1, 0.15) is 40.5 Å². The van der Waals surface area contributed by atoms with Crippen LogP contribution >= 0.6 is 11.6 Å². The van der Waals surface area contributed by atoms with E-state index in [4.69, 9.17) is 21.4 Å². The molecule has 0 radical (unpaired) electrons. The molecule has 0 aliphatic rings. The predicted octanol–water partition coefficient (Wildman–Crippen LogP) is 3.49. The number of carboxylic acids is 1. The van der Waals surface area contributed by atoms with Crippen LogP contribution in [0.4, 0.5) is 0 Å². The highest BCUT2D eigenvalue weighted by Gasteiger charge is 2.21. The molecule has 1 heterocycles. The summed E-state index contributed by atoms with van der Waals surface area (Å²) in [5.74, 6) is -1.41. The zero-order chi connectivity index (χ0) is 22.0. The molecular formula is C22H23ClN2O5. The number of carbonyl (C=O) groups is 2. The molecule has 3 N–H and O–H groups in total. The number of benzene rings is 2. The molecule has 0 bridgehead atoms. The molecule has 3 rings (SSSR count). The summed E-state index contributed by atoms with van der Waals surface area (Å²) in [5.41, 5.74) is 2.48. The number of carboxylic acid groups (broad SMARTS) is 1. The highest BCUT2D eigenvalue weighted by Crippen LogP contribution is 2.34. The standard InChI is InChI=1S/C22H23ClN2O5/c1-12(22(28)29)13-4-6-14(7-5-13)16(11-26)24-21(27)18-10-15-17(25(18)2)8-9-19(30-3)20(15)23/h4-10,12,16,26H,11H2,1-3H3,(H,24,27)(H,28,29)/t12?,16-/m1/s1. The smallest absolute Gasteiger partial charge is 0.310 e. The molecule has 1 amide bonds. The van der Waals surface area contributed by atoms with Crippen LogP contribution in [0.2, 0.25) is 5.02 Å². The van der Waals surface area contributed by atoms with Crippen molar-refractivity contribution in [2.75, 3.05) is 13.7 Å². The van der Waals surface area contributed by atoms with Gasteiger partial charge < -0.3 is 24.8 Å². The van der Waals surface area contributed by atoms with Gasteiger partial charge in [0.25, 0.3) is 5.91 Å². The van der Waals surface area contributed by atoms with E-state index < -0.39 is 17.9 Å². The number of nitrogens with zero attached hydrogens (tertiary/aromatic N) is 1. The Hall–Kier alpha value is -3.03. The number of fused-ring (bicyclic) bond motifs is 1. The number of ether oxygens (including phenoxy) is 1. The summed E-state index contributed by atoms with van der Waals surface area (Å²) < 4.78 is 6.96. The minimum absolute atomic E-state index is 0.307. The molecule has 3 aromatic rings. The van der Waals surface area contributed by atoms with Crippen LogP contribution in [0, 0.1) is 0 Å². The van der Waals surface area contributed by atoms with E-state index in [2.05, 4.69) is 5.32 Å². The van der Waals surface area contributed by atoms with Crippen LogP contribution in [0.15, 0.2) is 42.5 Å². The first-order valence-electron chi connectivity index (χ1n) is 9.34. The van der Waals surface area contributed by atoms with Crippen molar-refractivity contribution in [1.82, 2.24) is 9.88 Å². The van der Waals surface area contributed by atoms with Crippen LogP contribution < -0.4 is 10.1 Å². The summed E-state index contributed by atoms with van der Waals surface area (Å²) in [6.07, 6.45) is 0. The fraction of sp³-hybridized carbons (Fsp3) is 0.273. The van der Waals surface area contributed by atoms with Crippen molar-refractivity contribution < 1.29 is 24.5 Å². The maximum Gasteiger partial charge on any atom is 0.310 e. The first kappa shape index (κ1) is 21.7. The van der Waals surface area contributed by atoms with Gasteiger partial charge in [-0.1, -0.05) is 35.9 Å². The first-order valence-corrected chi connectivity index (χ1v) is 9.72. The van der Waals surface area contributed by atoms with Gasteiger partial charge in [-0.3, -0.25) is 9.59 Å². The van der Waals surface area contributed by atoms with Gasteiger partial charge in [-0.05, 0) is 36.2 Å². The monoisotopic (exact) mass is 430 g/mol. The second-order valence-electron chi connectivity index (χ2n) is 7.04. The number of rotatable bonds is 7. The number of carbonyl (C=O) groups excluding carboxylic acids is 1. The van der Waals surface area contributed by atoms with Gasteiger partial charge >= 0.3 is 5.97 Å². The van der Waals surface area contributed by atoms with Crippen molar-refractivity contribution >= 4 is 34.4 Å². The van der Waals surface area contributed by atoms with Crippen molar-refractivity contribution in [3.8, 4) is 5.75 Å². The van der Waals surface area contributed by atoms with Gasteiger partial charge in [-0.25, -0.2) is 0 Å². The summed E-state index contributed by atoms with van der Waals surface area (Å²) in [5, 5.41) is 22.9. The van der Waals surface area contributed by atoms with E-state index in [0.717, 1.165) is 5.52 Å². The number of methoxy groups -OCH3 is 1. The first-order chi connectivity index (χ1) is 14.3. The van der Waals surface area contributed by atoms with Crippen LogP contribution in [0.25, 0.3) is 10.9 Å². The lowest BCUT2D eigenvalue weighted by Crippen LogP contribution is -2.32. The molecular weight excluding hydrogens is 408 g/mol. The Labute approximate surface area is 178 Å². The highest BCUT2D eigenvalue weighted by atomic mass is 35.5. The largest absolute Gasteiger partial charge is 0.495 e. The summed E-state index contributed by atoms with van der Waals surface area (Å²) in [6, 6.07) is 11.4. The van der Waals surface area contributed by atoms with Crippen molar-refractivity contribution in [3.63, 3.8) is 0 Å². The SMILES string of the molecule is COc1ccc2c(cc(C(=O)N[C@H](CO)c3ccc(C(C)C(=O)O)cc3)n2C)c1Cl. The van der Waals surface area contributed by atoms with E-state index in [9.17, 15) is 14.7 Å². The maximum absolute atomic E-state index is 12.9. The molecule has 2 atom stereocenters. The van der Waals surface area contributed by atoms with Gasteiger partial charge in [0.05, 0.1) is 36.2 Å². The Morgan fingerprint density at radius 1 is 1.17 bits per heavy atom. The molecule has 1 aromatic heterocycles. The number of amides is 1. The molecule has 1 unspecified atom stereocenters. The fourth-order valence-electron chi connectivity index (χ4n) is 3.36. The summed E-state index contributed by atoms with van der Waals surface area (Å²) in [7, 11) is 3.29. The van der Waals surface area contributed by atoms with E-state index in [-0.39, 0.29) is 12.5 Å². The number of hydrogen-bond acceptors (Lipinski definition) is 4. The van der Waals surface area contributed by atoms with Gasteiger partial charge in [-0.15, -0.1) is 0 Å². The van der Waals surface area contributed by atoms with Crippen LogP contribution in [-0.2, 0) is 11.8 Å². The Bertz CT molecular complexity index is 1090. The average Bonchev–Trinajstić information content (AvgIpc) is 3.09. The minimum atomic E-state index is -0.916. The average molecular weight is 431 g/mol. The van der Waals surface area contributed by atoms with Gasteiger partial charge in [0.15, 0.2) is 0 Å². The molecule has 8 heteroatoms. The number of aliphatic hydroxyl groups excluding tert-OH is 1. The van der Waals surface area contributed by atoms with E-state index in [1.54, 1.807) is 54.9 Å². The second kappa shape index (κ2) is 8.77. The van der Waals surface area contributed by atoms with E-state index in [0.29, 0.717) is 33.0 Å². The zero-order valence-corrected chi connectivity index (χ0v) is 17.6. The van der Waals surface area contributed by atoms with E-state index in [1.165, 1.54) is 7.11 Å². The molecule has 7 nitrogen and oxygen atoms in total. The number of nitrogens with one attached hydrogen (secondary N) is 1. The van der Waals surface area contributed by atoms with E-state index in [1.807, 2.05) is 6.07 Å². The summed E-state index contributed by atoms with van der Waals surface area (Å²) >= 11 is 6.37. The number of aliphatic carboxylic acids is 1. The molecule has 2 aromatic carbocycles. The third-order valence-electron chi connectivity index (χ3n) is 5.27. The number of aromatic nitrogens is 1. The van der Waals surface area contributed by atoms with Crippen LogP contribution in [0.5, 0.6) is 5.75 Å². The third-order valence-corrected chi connectivity index (χ3v) is 5.66. The lowest BCUT2D eigenvalue weighted by atomic mass is 9.98. The molecule has 0 aliphatic heterocycles. The summed E-state index contributed by atoms with van der Waals surface area (Å²) in [6.45, 7) is 1.29. The Morgan fingerprint density at radius 3 is 2.37 bits per heavy atom. The Kier molecular flexibility index (Phi) is 6.34. The zero-order valence-electron chi connectivity index (χ0n) is 16.8. The lowest BCUT2D eigenvalue weighted by Gasteiger charge is -2.18. The van der Waals surface area contributed by atoms with Crippen molar-refractivity contribution in [2.45, 2.75) is 18.9 Å². The number of halogens is 1. The number of aliphatic hydroxyl groups is 1.